The summed E-state index contributed by atoms with van der Waals surface area (Å²) in [4.78, 5) is 4.07. The third-order valence-corrected chi connectivity index (χ3v) is 4.81. The second kappa shape index (κ2) is 4.99. The SMILES string of the molecule is Cc1nc(S(=O)(=O)N[C@@H]2CCNC[C@H]2C)cn1C. The summed E-state index contributed by atoms with van der Waals surface area (Å²) < 4.78 is 28.9. The minimum Gasteiger partial charge on any atom is -0.337 e. The monoisotopic (exact) mass is 272 g/mol. The molecule has 18 heavy (non-hydrogen) atoms. The Labute approximate surface area is 108 Å². The highest BCUT2D eigenvalue weighted by Gasteiger charge is 2.28. The van der Waals surface area contributed by atoms with E-state index in [2.05, 4.69) is 15.0 Å². The van der Waals surface area contributed by atoms with Crippen LogP contribution in [0, 0.1) is 12.8 Å². The molecule has 2 heterocycles. The highest BCUT2D eigenvalue weighted by atomic mass is 32.2. The lowest BCUT2D eigenvalue weighted by Crippen LogP contribution is -2.48. The Kier molecular flexibility index (Phi) is 3.74. The van der Waals surface area contributed by atoms with Crippen molar-refractivity contribution in [2.45, 2.75) is 31.3 Å². The maximum atomic E-state index is 12.2. The standard InChI is InChI=1S/C11H20N4O2S/c1-8-6-12-5-4-10(8)14-18(16,17)11-7-15(3)9(2)13-11/h7-8,10,12,14H,4-6H2,1-3H3/t8-,10-/m1/s1. The lowest BCUT2D eigenvalue weighted by molar-refractivity contribution is 0.328. The zero-order valence-electron chi connectivity index (χ0n) is 11.0. The van der Waals surface area contributed by atoms with Gasteiger partial charge in [-0.25, -0.2) is 18.1 Å². The van der Waals surface area contributed by atoms with Crippen LogP contribution in [0.3, 0.4) is 0 Å². The van der Waals surface area contributed by atoms with E-state index in [0.717, 1.165) is 19.5 Å². The third-order valence-electron chi connectivity index (χ3n) is 3.45. The van der Waals surface area contributed by atoms with Crippen LogP contribution in [0.5, 0.6) is 0 Å². The largest absolute Gasteiger partial charge is 0.337 e. The molecule has 1 saturated heterocycles. The Balaban J connectivity index is 2.16. The molecule has 2 rings (SSSR count). The minimum atomic E-state index is -3.50. The molecule has 0 spiro atoms. The summed E-state index contributed by atoms with van der Waals surface area (Å²) in [5, 5.41) is 3.35. The van der Waals surface area contributed by atoms with Gasteiger partial charge in [0.05, 0.1) is 0 Å². The van der Waals surface area contributed by atoms with E-state index >= 15 is 0 Å². The number of aromatic nitrogens is 2. The third kappa shape index (κ3) is 2.73. The Hall–Kier alpha value is -0.920. The van der Waals surface area contributed by atoms with E-state index in [1.807, 2.05) is 6.92 Å². The van der Waals surface area contributed by atoms with Gasteiger partial charge in [0.25, 0.3) is 10.0 Å². The molecule has 0 aliphatic carbocycles. The first-order chi connectivity index (χ1) is 8.40. The highest BCUT2D eigenvalue weighted by molar-refractivity contribution is 7.89. The molecule has 0 saturated carbocycles. The zero-order chi connectivity index (χ0) is 13.3. The Morgan fingerprint density at radius 3 is 2.83 bits per heavy atom. The first-order valence-electron chi connectivity index (χ1n) is 6.13. The molecule has 2 N–H and O–H groups in total. The van der Waals surface area contributed by atoms with Gasteiger partial charge in [-0.2, -0.15) is 0 Å². The molecule has 0 unspecified atom stereocenters. The smallest absolute Gasteiger partial charge is 0.259 e. The predicted molar refractivity (Wildman–Crippen MR) is 68.7 cm³/mol. The lowest BCUT2D eigenvalue weighted by Gasteiger charge is -2.29. The Morgan fingerprint density at radius 2 is 2.28 bits per heavy atom. The van der Waals surface area contributed by atoms with Crippen molar-refractivity contribution in [1.29, 1.82) is 0 Å². The summed E-state index contributed by atoms with van der Waals surface area (Å²) in [6.45, 7) is 5.52. The molecular weight excluding hydrogens is 252 g/mol. The molecule has 1 aliphatic rings. The van der Waals surface area contributed by atoms with Gasteiger partial charge in [-0.1, -0.05) is 6.92 Å². The van der Waals surface area contributed by atoms with E-state index in [-0.39, 0.29) is 11.1 Å². The van der Waals surface area contributed by atoms with E-state index in [1.165, 1.54) is 0 Å². The van der Waals surface area contributed by atoms with Crippen LogP contribution in [-0.4, -0.2) is 37.1 Å². The average Bonchev–Trinajstić information content (AvgIpc) is 2.63. The van der Waals surface area contributed by atoms with Gasteiger partial charge >= 0.3 is 0 Å². The van der Waals surface area contributed by atoms with E-state index in [0.29, 0.717) is 11.7 Å². The van der Waals surface area contributed by atoms with Crippen molar-refractivity contribution in [2.24, 2.45) is 13.0 Å². The summed E-state index contributed by atoms with van der Waals surface area (Å²) in [5.74, 6) is 0.979. The van der Waals surface area contributed by atoms with Crippen LogP contribution in [0.2, 0.25) is 0 Å². The fraction of sp³-hybridized carbons (Fsp3) is 0.727. The summed E-state index contributed by atoms with van der Waals surface area (Å²) in [5.41, 5.74) is 0. The number of sulfonamides is 1. The average molecular weight is 272 g/mol. The van der Waals surface area contributed by atoms with Crippen LogP contribution < -0.4 is 10.0 Å². The van der Waals surface area contributed by atoms with Gasteiger partial charge in [-0.3, -0.25) is 0 Å². The lowest BCUT2D eigenvalue weighted by atomic mass is 9.97. The molecule has 102 valence electrons. The fourth-order valence-electron chi connectivity index (χ4n) is 2.10. The molecule has 1 aromatic heterocycles. The van der Waals surface area contributed by atoms with Crippen LogP contribution in [0.25, 0.3) is 0 Å². The van der Waals surface area contributed by atoms with Gasteiger partial charge in [0.1, 0.15) is 5.82 Å². The molecule has 1 fully saturated rings. The molecule has 1 aromatic rings. The summed E-state index contributed by atoms with van der Waals surface area (Å²) in [6.07, 6.45) is 2.36. The van der Waals surface area contributed by atoms with E-state index < -0.39 is 10.0 Å². The number of rotatable bonds is 3. The summed E-state index contributed by atoms with van der Waals surface area (Å²) in [7, 11) is -1.72. The number of hydrogen-bond acceptors (Lipinski definition) is 4. The molecule has 1 aliphatic heterocycles. The van der Waals surface area contributed by atoms with Crippen molar-refractivity contribution in [2.75, 3.05) is 13.1 Å². The van der Waals surface area contributed by atoms with Crippen molar-refractivity contribution < 1.29 is 8.42 Å². The maximum Gasteiger partial charge on any atom is 0.259 e. The number of nitrogens with one attached hydrogen (secondary N) is 2. The first-order valence-corrected chi connectivity index (χ1v) is 7.61. The van der Waals surface area contributed by atoms with Gasteiger partial charge in [0.2, 0.25) is 0 Å². The first kappa shape index (κ1) is 13.5. The molecule has 6 nitrogen and oxygen atoms in total. The van der Waals surface area contributed by atoms with Crippen LogP contribution in [0.15, 0.2) is 11.2 Å². The predicted octanol–water partition coefficient (Wildman–Crippen LogP) is 0.00482. The normalized spacial score (nSPS) is 25.3. The summed E-state index contributed by atoms with van der Waals surface area (Å²) in [6, 6.07) is -0.0152. The number of aryl methyl sites for hydroxylation is 2. The van der Waals surface area contributed by atoms with E-state index in [9.17, 15) is 8.42 Å². The molecule has 7 heteroatoms. The number of nitrogens with zero attached hydrogens (tertiary/aromatic N) is 2. The van der Waals surface area contributed by atoms with Gasteiger partial charge in [0.15, 0.2) is 5.03 Å². The van der Waals surface area contributed by atoms with Crippen molar-refractivity contribution in [3.8, 4) is 0 Å². The van der Waals surface area contributed by atoms with Crippen LogP contribution in [-0.2, 0) is 17.1 Å². The second-order valence-corrected chi connectivity index (χ2v) is 6.60. The Bertz CT molecular complexity index is 504. The zero-order valence-corrected chi connectivity index (χ0v) is 11.8. The number of piperidine rings is 1. The van der Waals surface area contributed by atoms with Crippen molar-refractivity contribution in [3.63, 3.8) is 0 Å². The molecule has 0 amide bonds. The minimum absolute atomic E-state index is 0.0152. The van der Waals surface area contributed by atoms with Gasteiger partial charge in [-0.05, 0) is 32.4 Å². The van der Waals surface area contributed by atoms with Crippen LogP contribution in [0.4, 0.5) is 0 Å². The number of imidazole rings is 1. The topological polar surface area (TPSA) is 76.0 Å². The van der Waals surface area contributed by atoms with E-state index in [4.69, 9.17) is 0 Å². The van der Waals surface area contributed by atoms with Gasteiger partial charge < -0.3 is 9.88 Å². The highest BCUT2D eigenvalue weighted by Crippen LogP contribution is 2.15. The van der Waals surface area contributed by atoms with Crippen LogP contribution in [0.1, 0.15) is 19.2 Å². The Morgan fingerprint density at radius 1 is 1.56 bits per heavy atom. The van der Waals surface area contributed by atoms with E-state index in [1.54, 1.807) is 24.7 Å². The van der Waals surface area contributed by atoms with Crippen LogP contribution >= 0.6 is 0 Å². The maximum absolute atomic E-state index is 12.2. The molecule has 0 bridgehead atoms. The molecule has 0 radical (unpaired) electrons. The van der Waals surface area contributed by atoms with Crippen molar-refractivity contribution in [3.05, 3.63) is 12.0 Å². The van der Waals surface area contributed by atoms with Gasteiger partial charge in [-0.15, -0.1) is 0 Å². The quantitative estimate of drug-likeness (QED) is 0.812. The molecular formula is C11H20N4O2S. The number of hydrogen-bond donors (Lipinski definition) is 2. The molecule has 0 aromatic carbocycles. The molecule has 2 atom stereocenters. The summed E-state index contributed by atoms with van der Waals surface area (Å²) >= 11 is 0. The van der Waals surface area contributed by atoms with Gasteiger partial charge in [0, 0.05) is 19.3 Å². The second-order valence-electron chi connectivity index (χ2n) is 4.94. The van der Waals surface area contributed by atoms with Crippen molar-refractivity contribution >= 4 is 10.0 Å². The fourth-order valence-corrected chi connectivity index (χ4v) is 3.52. The van der Waals surface area contributed by atoms with Crippen molar-refractivity contribution in [1.82, 2.24) is 19.6 Å².